The zero-order valence-electron chi connectivity index (χ0n) is 33.9. The van der Waals surface area contributed by atoms with E-state index in [0.29, 0.717) is 0 Å². The van der Waals surface area contributed by atoms with E-state index in [-0.39, 0.29) is 0 Å². The minimum Gasteiger partial charge on any atom is -0.455 e. The van der Waals surface area contributed by atoms with Gasteiger partial charge in [-0.25, -0.2) is 0 Å². The van der Waals surface area contributed by atoms with Crippen molar-refractivity contribution in [3.63, 3.8) is 0 Å². The maximum Gasteiger partial charge on any atom is 0.143 e. The van der Waals surface area contributed by atoms with Crippen molar-refractivity contribution in [1.82, 2.24) is 4.57 Å². The normalized spacial score (nSPS) is 11.8. The number of benzene rings is 10. The van der Waals surface area contributed by atoms with Gasteiger partial charge in [-0.2, -0.15) is 0 Å². The molecule has 0 fully saturated rings. The van der Waals surface area contributed by atoms with E-state index in [0.717, 1.165) is 50.1 Å². The van der Waals surface area contributed by atoms with Gasteiger partial charge in [0.1, 0.15) is 11.2 Å². The van der Waals surface area contributed by atoms with Crippen molar-refractivity contribution in [1.29, 1.82) is 0 Å². The number of para-hydroxylation sites is 3. The average molecular weight is 781 g/mol. The van der Waals surface area contributed by atoms with Crippen LogP contribution in [0.3, 0.4) is 0 Å². The lowest BCUT2D eigenvalue weighted by atomic mass is 9.98. The first-order valence-corrected chi connectivity index (χ1v) is 21.0. The zero-order valence-corrected chi connectivity index (χ0v) is 33.9. The quantitative estimate of drug-likeness (QED) is 0.157. The molecule has 0 bridgehead atoms. The summed E-state index contributed by atoms with van der Waals surface area (Å²) in [4.78, 5) is 2.41. The molecule has 0 unspecified atom stereocenters. The highest BCUT2D eigenvalue weighted by atomic mass is 16.3. The third-order valence-electron chi connectivity index (χ3n) is 12.4. The lowest BCUT2D eigenvalue weighted by Crippen LogP contribution is -2.10. The van der Waals surface area contributed by atoms with Crippen molar-refractivity contribution in [2.45, 2.75) is 13.8 Å². The van der Waals surface area contributed by atoms with Gasteiger partial charge in [-0.05, 0) is 125 Å². The van der Waals surface area contributed by atoms with E-state index in [1.54, 1.807) is 0 Å². The van der Waals surface area contributed by atoms with Crippen molar-refractivity contribution in [2.24, 2.45) is 0 Å². The van der Waals surface area contributed by atoms with Crippen molar-refractivity contribution in [2.75, 3.05) is 4.90 Å². The summed E-state index contributed by atoms with van der Waals surface area (Å²) < 4.78 is 8.86. The third kappa shape index (κ3) is 5.73. The van der Waals surface area contributed by atoms with Gasteiger partial charge in [0.05, 0.1) is 16.7 Å². The first kappa shape index (κ1) is 35.1. The number of furan rings is 1. The molecular formula is C58H40N2O. The number of nitrogens with zero attached hydrogens (tertiary/aromatic N) is 2. The summed E-state index contributed by atoms with van der Waals surface area (Å²) >= 11 is 0. The molecule has 12 rings (SSSR count). The average Bonchev–Trinajstić information content (AvgIpc) is 3.85. The zero-order chi connectivity index (χ0) is 40.6. The van der Waals surface area contributed by atoms with Gasteiger partial charge < -0.3 is 13.9 Å². The Morgan fingerprint density at radius 1 is 0.393 bits per heavy atom. The van der Waals surface area contributed by atoms with Crippen LogP contribution in [0.1, 0.15) is 11.1 Å². The van der Waals surface area contributed by atoms with Gasteiger partial charge in [-0.15, -0.1) is 0 Å². The Morgan fingerprint density at radius 3 is 1.75 bits per heavy atom. The van der Waals surface area contributed by atoms with E-state index < -0.39 is 0 Å². The van der Waals surface area contributed by atoms with Crippen molar-refractivity contribution in [3.05, 3.63) is 217 Å². The van der Waals surface area contributed by atoms with Crippen LogP contribution < -0.4 is 4.90 Å². The van der Waals surface area contributed by atoms with E-state index >= 15 is 0 Å². The largest absolute Gasteiger partial charge is 0.455 e. The molecule has 12 aromatic rings. The standard InChI is InChI=1S/C58H40N2O/c1-37-32-38(2)34-45(33-37)60-54-20-9-7-16-50(54)53-35-41(26-31-55(53)60)39-22-27-43(28-23-39)59(56-36-42-12-3-4-13-46(42)48-14-5-6-15-49(48)56)44-29-24-40(25-30-44)47-18-11-19-52-51-17-8-10-21-57(51)61-58(47)52/h3-36H,1-2H3. The topological polar surface area (TPSA) is 21.3 Å². The molecule has 2 heterocycles. The number of hydrogen-bond acceptors (Lipinski definition) is 2. The Morgan fingerprint density at radius 2 is 0.984 bits per heavy atom. The molecule has 2 aromatic heterocycles. The van der Waals surface area contributed by atoms with Crippen LogP contribution in [0.2, 0.25) is 0 Å². The van der Waals surface area contributed by atoms with E-state index in [2.05, 4.69) is 217 Å². The maximum atomic E-state index is 6.45. The van der Waals surface area contributed by atoms with Crippen molar-refractivity contribution < 1.29 is 4.42 Å². The first-order valence-electron chi connectivity index (χ1n) is 21.0. The van der Waals surface area contributed by atoms with Gasteiger partial charge in [0.15, 0.2) is 0 Å². The molecule has 0 aliphatic carbocycles. The molecule has 0 saturated heterocycles. The van der Waals surface area contributed by atoms with Crippen LogP contribution in [-0.2, 0) is 0 Å². The van der Waals surface area contributed by atoms with Crippen LogP contribution in [0.5, 0.6) is 0 Å². The Bertz CT molecular complexity index is 3640. The molecule has 10 aromatic carbocycles. The van der Waals surface area contributed by atoms with Crippen LogP contribution in [0, 0.1) is 13.8 Å². The summed E-state index contributed by atoms with van der Waals surface area (Å²) in [6.45, 7) is 4.35. The highest BCUT2D eigenvalue weighted by Gasteiger charge is 2.20. The highest BCUT2D eigenvalue weighted by Crippen LogP contribution is 2.44. The van der Waals surface area contributed by atoms with E-state index in [1.807, 2.05) is 12.1 Å². The molecule has 3 heteroatoms. The molecule has 3 nitrogen and oxygen atoms in total. The molecule has 0 radical (unpaired) electrons. The Labute approximate surface area is 354 Å². The summed E-state index contributed by atoms with van der Waals surface area (Å²) in [5.74, 6) is 0. The number of aromatic nitrogens is 1. The predicted octanol–water partition coefficient (Wildman–Crippen LogP) is 16.4. The fraction of sp³-hybridized carbons (Fsp3) is 0.0345. The van der Waals surface area contributed by atoms with Crippen LogP contribution in [0.15, 0.2) is 211 Å². The third-order valence-corrected chi connectivity index (χ3v) is 12.4. The maximum absolute atomic E-state index is 6.45. The molecule has 0 aliphatic rings. The van der Waals surface area contributed by atoms with Gasteiger partial charge >= 0.3 is 0 Å². The molecule has 288 valence electrons. The summed E-state index contributed by atoms with van der Waals surface area (Å²) in [6.07, 6.45) is 0. The van der Waals surface area contributed by atoms with Gasteiger partial charge in [0.25, 0.3) is 0 Å². The molecule has 0 spiro atoms. The van der Waals surface area contributed by atoms with Gasteiger partial charge in [-0.1, -0.05) is 140 Å². The molecule has 0 saturated carbocycles. The molecule has 0 N–H and O–H groups in total. The molecular weight excluding hydrogens is 741 g/mol. The van der Waals surface area contributed by atoms with Crippen molar-refractivity contribution >= 4 is 82.4 Å². The number of aryl methyl sites for hydroxylation is 2. The van der Waals surface area contributed by atoms with Crippen LogP contribution in [0.4, 0.5) is 17.1 Å². The van der Waals surface area contributed by atoms with Crippen LogP contribution >= 0.6 is 0 Å². The van der Waals surface area contributed by atoms with Crippen LogP contribution in [0.25, 0.3) is 93.2 Å². The number of anilines is 3. The first-order chi connectivity index (χ1) is 30.1. The summed E-state index contributed by atoms with van der Waals surface area (Å²) in [6, 6.07) is 75.1. The fourth-order valence-corrected chi connectivity index (χ4v) is 9.72. The number of hydrogen-bond donors (Lipinski definition) is 0. The Balaban J connectivity index is 0.989. The van der Waals surface area contributed by atoms with E-state index in [1.165, 1.54) is 71.3 Å². The molecule has 0 atom stereocenters. The van der Waals surface area contributed by atoms with E-state index in [9.17, 15) is 0 Å². The number of rotatable bonds is 6. The van der Waals surface area contributed by atoms with Crippen LogP contribution in [-0.4, -0.2) is 4.57 Å². The fourth-order valence-electron chi connectivity index (χ4n) is 9.72. The molecule has 61 heavy (non-hydrogen) atoms. The van der Waals surface area contributed by atoms with Gasteiger partial charge in [0.2, 0.25) is 0 Å². The van der Waals surface area contributed by atoms with Gasteiger partial charge in [0, 0.05) is 49.6 Å². The molecule has 0 aliphatic heterocycles. The summed E-state index contributed by atoms with van der Waals surface area (Å²) in [5.41, 5.74) is 15.8. The van der Waals surface area contributed by atoms with Gasteiger partial charge in [-0.3, -0.25) is 0 Å². The molecule has 0 amide bonds. The second kappa shape index (κ2) is 13.9. The number of fused-ring (bicyclic) bond motifs is 9. The second-order valence-corrected chi connectivity index (χ2v) is 16.3. The summed E-state index contributed by atoms with van der Waals surface area (Å²) in [7, 11) is 0. The van der Waals surface area contributed by atoms with Crippen molar-refractivity contribution in [3.8, 4) is 27.9 Å². The van der Waals surface area contributed by atoms with E-state index in [4.69, 9.17) is 4.42 Å². The summed E-state index contributed by atoms with van der Waals surface area (Å²) in [5, 5.41) is 9.67. The Kier molecular flexibility index (Phi) is 7.98. The minimum absolute atomic E-state index is 0.906. The smallest absolute Gasteiger partial charge is 0.143 e. The predicted molar refractivity (Wildman–Crippen MR) is 258 cm³/mol. The highest BCUT2D eigenvalue weighted by molar-refractivity contribution is 6.15. The minimum atomic E-state index is 0.906. The lowest BCUT2D eigenvalue weighted by molar-refractivity contribution is 0.670. The second-order valence-electron chi connectivity index (χ2n) is 16.3. The Hall–Kier alpha value is -7.88. The monoisotopic (exact) mass is 780 g/mol. The lowest BCUT2D eigenvalue weighted by Gasteiger charge is -2.28. The SMILES string of the molecule is Cc1cc(C)cc(-n2c3ccccc3c3cc(-c4ccc(N(c5ccc(-c6cccc7c6oc6ccccc67)cc5)c5cc6ccccc6c6ccccc56)cc4)ccc32)c1.